The van der Waals surface area contributed by atoms with Gasteiger partial charge in [-0.1, -0.05) is 41.9 Å². The highest BCUT2D eigenvalue weighted by molar-refractivity contribution is 9.10. The lowest BCUT2D eigenvalue weighted by Crippen LogP contribution is -2.33. The number of hydrogen-bond acceptors (Lipinski definition) is 2. The predicted molar refractivity (Wildman–Crippen MR) is 80.6 cm³/mol. The normalized spacial score (nSPS) is 25.0. The molecule has 1 heterocycles. The summed E-state index contributed by atoms with van der Waals surface area (Å²) in [4.78, 5) is 2.54. The van der Waals surface area contributed by atoms with Crippen molar-refractivity contribution in [1.82, 2.24) is 4.90 Å². The van der Waals surface area contributed by atoms with Gasteiger partial charge < -0.3 is 5.73 Å². The van der Waals surface area contributed by atoms with Crippen molar-refractivity contribution < 1.29 is 0 Å². The van der Waals surface area contributed by atoms with Crippen LogP contribution in [0.15, 0.2) is 22.7 Å². The highest BCUT2D eigenvalue weighted by atomic mass is 79.9. The molecule has 1 fully saturated rings. The van der Waals surface area contributed by atoms with Crippen LogP contribution >= 0.6 is 15.9 Å². The topological polar surface area (TPSA) is 29.3 Å². The van der Waals surface area contributed by atoms with E-state index in [1.165, 1.54) is 15.6 Å². The number of nitrogens with zero attached hydrogens (tertiary/aromatic N) is 1. The van der Waals surface area contributed by atoms with E-state index in [-0.39, 0.29) is 6.04 Å². The van der Waals surface area contributed by atoms with Crippen LogP contribution in [0, 0.1) is 12.8 Å². The van der Waals surface area contributed by atoms with Crippen LogP contribution < -0.4 is 5.73 Å². The second kappa shape index (κ2) is 5.72. The van der Waals surface area contributed by atoms with Crippen molar-refractivity contribution in [3.8, 4) is 0 Å². The van der Waals surface area contributed by atoms with Crippen LogP contribution in [0.1, 0.15) is 37.4 Å². The third kappa shape index (κ3) is 2.95. The van der Waals surface area contributed by atoms with E-state index in [2.05, 4.69) is 59.8 Å². The van der Waals surface area contributed by atoms with Gasteiger partial charge in [0.15, 0.2) is 0 Å². The van der Waals surface area contributed by atoms with E-state index in [1.807, 2.05) is 0 Å². The number of benzene rings is 1. The molecule has 0 radical (unpaired) electrons. The molecule has 2 rings (SSSR count). The average Bonchev–Trinajstić information content (AvgIpc) is 2.63. The third-order valence-corrected chi connectivity index (χ3v) is 4.56. The molecule has 0 bridgehead atoms. The van der Waals surface area contributed by atoms with Gasteiger partial charge in [0.1, 0.15) is 0 Å². The first-order valence-corrected chi connectivity index (χ1v) is 7.54. The summed E-state index contributed by atoms with van der Waals surface area (Å²) in [5, 5.41) is 0. The fraction of sp³-hybridized carbons (Fsp3) is 0.600. The number of nitrogens with two attached hydrogens (primary N) is 1. The first-order valence-electron chi connectivity index (χ1n) is 6.74. The molecule has 1 aliphatic heterocycles. The van der Waals surface area contributed by atoms with Crippen LogP contribution in [0.2, 0.25) is 0 Å². The monoisotopic (exact) mass is 310 g/mol. The Kier molecular flexibility index (Phi) is 4.46. The molecular formula is C15H23BrN2. The Bertz CT molecular complexity index is 417. The van der Waals surface area contributed by atoms with Crippen molar-refractivity contribution in [3.63, 3.8) is 0 Å². The predicted octanol–water partition coefficient (Wildman–Crippen LogP) is 3.49. The van der Waals surface area contributed by atoms with E-state index in [1.54, 1.807) is 0 Å². The van der Waals surface area contributed by atoms with Crippen molar-refractivity contribution >= 4 is 15.9 Å². The molecule has 3 heteroatoms. The molecular weight excluding hydrogens is 288 g/mol. The Morgan fingerprint density at radius 1 is 1.44 bits per heavy atom. The van der Waals surface area contributed by atoms with Crippen LogP contribution in [0.25, 0.3) is 0 Å². The first-order chi connectivity index (χ1) is 8.49. The number of rotatable bonds is 3. The second-order valence-corrected chi connectivity index (χ2v) is 6.65. The van der Waals surface area contributed by atoms with E-state index < -0.39 is 0 Å². The van der Waals surface area contributed by atoms with Crippen molar-refractivity contribution in [2.45, 2.75) is 39.3 Å². The van der Waals surface area contributed by atoms with Gasteiger partial charge in [0, 0.05) is 29.6 Å². The number of halogens is 1. The highest BCUT2D eigenvalue weighted by Crippen LogP contribution is 2.33. The fourth-order valence-electron chi connectivity index (χ4n) is 2.87. The Balaban J connectivity index is 2.24. The quantitative estimate of drug-likeness (QED) is 0.926. The molecule has 1 aromatic rings. The van der Waals surface area contributed by atoms with Crippen molar-refractivity contribution in [2.75, 3.05) is 13.1 Å². The van der Waals surface area contributed by atoms with Crippen molar-refractivity contribution in [1.29, 1.82) is 0 Å². The maximum atomic E-state index is 6.31. The molecule has 1 aliphatic rings. The zero-order valence-corrected chi connectivity index (χ0v) is 13.1. The van der Waals surface area contributed by atoms with E-state index in [0.29, 0.717) is 12.0 Å². The van der Waals surface area contributed by atoms with Gasteiger partial charge in [-0.05, 0) is 36.5 Å². The van der Waals surface area contributed by atoms with Gasteiger partial charge in [0.05, 0.1) is 0 Å². The maximum Gasteiger partial charge on any atom is 0.0499 e. The van der Waals surface area contributed by atoms with E-state index in [0.717, 1.165) is 19.5 Å². The van der Waals surface area contributed by atoms with Crippen LogP contribution in [0.4, 0.5) is 0 Å². The zero-order valence-electron chi connectivity index (χ0n) is 11.5. The summed E-state index contributed by atoms with van der Waals surface area (Å²) in [6.45, 7) is 8.94. The van der Waals surface area contributed by atoms with Crippen LogP contribution in [0.3, 0.4) is 0 Å². The summed E-state index contributed by atoms with van der Waals surface area (Å²) < 4.78 is 1.17. The van der Waals surface area contributed by atoms with Crippen LogP contribution in [-0.2, 0) is 0 Å². The van der Waals surface area contributed by atoms with Gasteiger partial charge in [0.25, 0.3) is 0 Å². The van der Waals surface area contributed by atoms with Gasteiger partial charge in [-0.25, -0.2) is 0 Å². The molecule has 0 aromatic heterocycles. The summed E-state index contributed by atoms with van der Waals surface area (Å²) in [5.74, 6) is 0.689. The average molecular weight is 311 g/mol. The molecule has 100 valence electrons. The highest BCUT2D eigenvalue weighted by Gasteiger charge is 2.33. The van der Waals surface area contributed by atoms with Gasteiger partial charge >= 0.3 is 0 Å². The minimum absolute atomic E-state index is 0.268. The summed E-state index contributed by atoms with van der Waals surface area (Å²) in [5.41, 5.74) is 8.96. The largest absolute Gasteiger partial charge is 0.326 e. The molecule has 18 heavy (non-hydrogen) atoms. The molecule has 0 spiro atoms. The first kappa shape index (κ1) is 14.0. The molecule has 1 saturated heterocycles. The maximum absolute atomic E-state index is 6.31. The molecule has 2 atom stereocenters. The Hall–Kier alpha value is -0.380. The zero-order chi connectivity index (χ0) is 13.3. The van der Waals surface area contributed by atoms with E-state index >= 15 is 0 Å². The molecule has 0 saturated carbocycles. The SMILES string of the molecule is Cc1cc(C2C(N)CCN2CC(C)C)ccc1Br. The molecule has 0 amide bonds. The Morgan fingerprint density at radius 2 is 2.17 bits per heavy atom. The number of hydrogen-bond donors (Lipinski definition) is 1. The van der Waals surface area contributed by atoms with E-state index in [4.69, 9.17) is 5.73 Å². The molecule has 1 aromatic carbocycles. The molecule has 0 aliphatic carbocycles. The summed E-state index contributed by atoms with van der Waals surface area (Å²) in [7, 11) is 0. The minimum Gasteiger partial charge on any atom is -0.326 e. The second-order valence-electron chi connectivity index (χ2n) is 5.79. The van der Waals surface area contributed by atoms with Gasteiger partial charge in [-0.2, -0.15) is 0 Å². The summed E-state index contributed by atoms with van der Waals surface area (Å²) in [6, 6.07) is 7.28. The van der Waals surface area contributed by atoms with Crippen LogP contribution in [0.5, 0.6) is 0 Å². The molecule has 2 nitrogen and oxygen atoms in total. The number of aryl methyl sites for hydroxylation is 1. The molecule has 2 unspecified atom stereocenters. The lowest BCUT2D eigenvalue weighted by atomic mass is 9.98. The van der Waals surface area contributed by atoms with Gasteiger partial charge in [-0.3, -0.25) is 4.90 Å². The van der Waals surface area contributed by atoms with Crippen molar-refractivity contribution in [2.24, 2.45) is 11.7 Å². The Labute approximate surface area is 119 Å². The van der Waals surface area contributed by atoms with Gasteiger partial charge in [0.2, 0.25) is 0 Å². The van der Waals surface area contributed by atoms with E-state index in [9.17, 15) is 0 Å². The standard InChI is InChI=1S/C15H23BrN2/c1-10(2)9-18-7-6-14(17)15(18)12-4-5-13(16)11(3)8-12/h4-5,8,10,14-15H,6-7,9,17H2,1-3H3. The van der Waals surface area contributed by atoms with Crippen molar-refractivity contribution in [3.05, 3.63) is 33.8 Å². The third-order valence-electron chi connectivity index (χ3n) is 3.67. The molecule has 2 N–H and O–H groups in total. The lowest BCUT2D eigenvalue weighted by molar-refractivity contribution is 0.221. The smallest absolute Gasteiger partial charge is 0.0499 e. The number of likely N-dealkylation sites (tertiary alicyclic amines) is 1. The summed E-state index contributed by atoms with van der Waals surface area (Å²) >= 11 is 3.56. The van der Waals surface area contributed by atoms with Gasteiger partial charge in [-0.15, -0.1) is 0 Å². The minimum atomic E-state index is 0.268. The Morgan fingerprint density at radius 3 is 2.78 bits per heavy atom. The lowest BCUT2D eigenvalue weighted by Gasteiger charge is -2.29. The summed E-state index contributed by atoms with van der Waals surface area (Å²) in [6.07, 6.45) is 1.10. The van der Waals surface area contributed by atoms with Crippen LogP contribution in [-0.4, -0.2) is 24.0 Å². The fourth-order valence-corrected chi connectivity index (χ4v) is 3.11.